The van der Waals surface area contributed by atoms with Gasteiger partial charge in [-0.15, -0.1) is 0 Å². The first kappa shape index (κ1) is 7.03. The van der Waals surface area contributed by atoms with E-state index in [1.165, 1.54) is 12.8 Å². The normalized spacial score (nSPS) is 35.3. The molecule has 0 bridgehead atoms. The van der Waals surface area contributed by atoms with Crippen LogP contribution in [0, 0.1) is 0 Å². The molecule has 1 fully saturated rings. The SMILES string of the molecule is CNC[C@@H]1CC[C@H](C)O1. The second kappa shape index (κ2) is 3.18. The highest BCUT2D eigenvalue weighted by molar-refractivity contribution is 4.71. The number of nitrogens with one attached hydrogen (secondary N) is 1. The van der Waals surface area contributed by atoms with Crippen LogP contribution in [0.25, 0.3) is 0 Å². The van der Waals surface area contributed by atoms with E-state index in [1.807, 2.05) is 7.05 Å². The second-order valence-electron chi connectivity index (χ2n) is 2.70. The van der Waals surface area contributed by atoms with E-state index in [1.54, 1.807) is 0 Å². The topological polar surface area (TPSA) is 21.3 Å². The van der Waals surface area contributed by atoms with Gasteiger partial charge in [-0.1, -0.05) is 0 Å². The quantitative estimate of drug-likeness (QED) is 0.594. The van der Waals surface area contributed by atoms with Gasteiger partial charge in [-0.2, -0.15) is 0 Å². The lowest BCUT2D eigenvalue weighted by atomic mass is 10.2. The van der Waals surface area contributed by atoms with Gasteiger partial charge in [-0.05, 0) is 26.8 Å². The van der Waals surface area contributed by atoms with Gasteiger partial charge in [0.2, 0.25) is 0 Å². The monoisotopic (exact) mass is 129 g/mol. The van der Waals surface area contributed by atoms with E-state index in [9.17, 15) is 0 Å². The molecule has 0 aliphatic carbocycles. The lowest BCUT2D eigenvalue weighted by Crippen LogP contribution is -2.23. The fraction of sp³-hybridized carbons (Fsp3) is 1.00. The van der Waals surface area contributed by atoms with Crippen LogP contribution in [0.15, 0.2) is 0 Å². The third kappa shape index (κ3) is 1.95. The van der Waals surface area contributed by atoms with Gasteiger partial charge in [0.05, 0.1) is 12.2 Å². The van der Waals surface area contributed by atoms with Crippen LogP contribution in [-0.2, 0) is 4.74 Å². The molecule has 1 N–H and O–H groups in total. The largest absolute Gasteiger partial charge is 0.374 e. The lowest BCUT2D eigenvalue weighted by Gasteiger charge is -2.08. The minimum Gasteiger partial charge on any atom is -0.374 e. The highest BCUT2D eigenvalue weighted by atomic mass is 16.5. The molecule has 0 aromatic rings. The first-order chi connectivity index (χ1) is 4.33. The van der Waals surface area contributed by atoms with Crippen molar-refractivity contribution in [2.24, 2.45) is 0 Å². The fourth-order valence-electron chi connectivity index (χ4n) is 1.26. The van der Waals surface area contributed by atoms with Gasteiger partial charge in [-0.3, -0.25) is 0 Å². The van der Waals surface area contributed by atoms with Gasteiger partial charge in [0, 0.05) is 6.54 Å². The van der Waals surface area contributed by atoms with Gasteiger partial charge >= 0.3 is 0 Å². The van der Waals surface area contributed by atoms with Gasteiger partial charge < -0.3 is 10.1 Å². The van der Waals surface area contributed by atoms with Crippen molar-refractivity contribution in [1.29, 1.82) is 0 Å². The van der Waals surface area contributed by atoms with Crippen LogP contribution in [0.1, 0.15) is 19.8 Å². The molecular weight excluding hydrogens is 114 g/mol. The average Bonchev–Trinajstić information content (AvgIpc) is 2.17. The summed E-state index contributed by atoms with van der Waals surface area (Å²) in [6, 6.07) is 0. The fourth-order valence-corrected chi connectivity index (χ4v) is 1.26. The lowest BCUT2D eigenvalue weighted by molar-refractivity contribution is 0.0572. The summed E-state index contributed by atoms with van der Waals surface area (Å²) in [5.41, 5.74) is 0. The standard InChI is InChI=1S/C7H15NO/c1-6-3-4-7(9-6)5-8-2/h6-8H,3-5H2,1-2H3/t6-,7-/m0/s1. The van der Waals surface area contributed by atoms with E-state index in [-0.39, 0.29) is 0 Å². The maximum Gasteiger partial charge on any atom is 0.0703 e. The zero-order valence-corrected chi connectivity index (χ0v) is 6.18. The van der Waals surface area contributed by atoms with Crippen molar-refractivity contribution in [3.63, 3.8) is 0 Å². The maximum absolute atomic E-state index is 5.54. The number of hydrogen-bond acceptors (Lipinski definition) is 2. The van der Waals surface area contributed by atoms with Crippen molar-refractivity contribution >= 4 is 0 Å². The zero-order chi connectivity index (χ0) is 6.69. The maximum atomic E-state index is 5.54. The first-order valence-corrected chi connectivity index (χ1v) is 3.63. The molecule has 0 saturated carbocycles. The highest BCUT2D eigenvalue weighted by Crippen LogP contribution is 2.17. The van der Waals surface area contributed by atoms with Crippen molar-refractivity contribution in [1.82, 2.24) is 5.32 Å². The Labute approximate surface area is 56.6 Å². The van der Waals surface area contributed by atoms with Crippen LogP contribution >= 0.6 is 0 Å². The Morgan fingerprint density at radius 3 is 2.78 bits per heavy atom. The zero-order valence-electron chi connectivity index (χ0n) is 6.18. The molecule has 0 unspecified atom stereocenters. The highest BCUT2D eigenvalue weighted by Gasteiger charge is 2.20. The molecule has 1 heterocycles. The smallest absolute Gasteiger partial charge is 0.0703 e. The number of likely N-dealkylation sites (N-methyl/N-ethyl adjacent to an activating group) is 1. The predicted octanol–water partition coefficient (Wildman–Crippen LogP) is 0.773. The summed E-state index contributed by atoms with van der Waals surface area (Å²) in [6.45, 7) is 3.14. The molecule has 1 rings (SSSR count). The Kier molecular flexibility index (Phi) is 2.49. The molecule has 9 heavy (non-hydrogen) atoms. The minimum atomic E-state index is 0.477. The van der Waals surface area contributed by atoms with Crippen LogP contribution in [0.3, 0.4) is 0 Å². The molecule has 0 aromatic carbocycles. The minimum absolute atomic E-state index is 0.477. The average molecular weight is 129 g/mol. The molecule has 0 radical (unpaired) electrons. The second-order valence-corrected chi connectivity index (χ2v) is 2.70. The Balaban J connectivity index is 2.14. The van der Waals surface area contributed by atoms with Gasteiger partial charge in [0.15, 0.2) is 0 Å². The first-order valence-electron chi connectivity index (χ1n) is 3.63. The van der Waals surface area contributed by atoms with Crippen LogP contribution in [-0.4, -0.2) is 25.8 Å². The van der Waals surface area contributed by atoms with E-state index < -0.39 is 0 Å². The van der Waals surface area contributed by atoms with E-state index in [0.29, 0.717) is 12.2 Å². The van der Waals surface area contributed by atoms with E-state index in [0.717, 1.165) is 6.54 Å². The molecule has 0 spiro atoms. The molecule has 0 amide bonds. The number of hydrogen-bond donors (Lipinski definition) is 1. The van der Waals surface area contributed by atoms with Crippen molar-refractivity contribution in [2.75, 3.05) is 13.6 Å². The summed E-state index contributed by atoms with van der Waals surface area (Å²) in [5, 5.41) is 3.11. The molecule has 1 saturated heterocycles. The third-order valence-electron chi connectivity index (χ3n) is 1.75. The van der Waals surface area contributed by atoms with Gasteiger partial charge in [-0.25, -0.2) is 0 Å². The number of rotatable bonds is 2. The summed E-state index contributed by atoms with van der Waals surface area (Å²) >= 11 is 0. The Morgan fingerprint density at radius 2 is 2.33 bits per heavy atom. The predicted molar refractivity (Wildman–Crippen MR) is 37.5 cm³/mol. The van der Waals surface area contributed by atoms with Gasteiger partial charge in [0.1, 0.15) is 0 Å². The Hall–Kier alpha value is -0.0800. The summed E-state index contributed by atoms with van der Waals surface area (Å²) in [6.07, 6.45) is 3.42. The molecule has 0 aromatic heterocycles. The van der Waals surface area contributed by atoms with E-state index >= 15 is 0 Å². The van der Waals surface area contributed by atoms with E-state index in [2.05, 4.69) is 12.2 Å². The molecule has 54 valence electrons. The molecule has 1 aliphatic rings. The van der Waals surface area contributed by atoms with Crippen molar-refractivity contribution in [3.8, 4) is 0 Å². The molecule has 2 atom stereocenters. The summed E-state index contributed by atoms with van der Waals surface area (Å²) in [4.78, 5) is 0. The van der Waals surface area contributed by atoms with Crippen LogP contribution < -0.4 is 5.32 Å². The molecule has 2 heteroatoms. The summed E-state index contributed by atoms with van der Waals surface area (Å²) in [5.74, 6) is 0. The van der Waals surface area contributed by atoms with Crippen molar-refractivity contribution in [3.05, 3.63) is 0 Å². The van der Waals surface area contributed by atoms with Crippen molar-refractivity contribution in [2.45, 2.75) is 32.0 Å². The Bertz CT molecular complexity index is 83.0. The van der Waals surface area contributed by atoms with Crippen LogP contribution in [0.5, 0.6) is 0 Å². The summed E-state index contributed by atoms with van der Waals surface area (Å²) < 4.78 is 5.54. The molecule has 2 nitrogen and oxygen atoms in total. The molecule has 1 aliphatic heterocycles. The van der Waals surface area contributed by atoms with Crippen LogP contribution in [0.2, 0.25) is 0 Å². The van der Waals surface area contributed by atoms with E-state index in [4.69, 9.17) is 4.74 Å². The summed E-state index contributed by atoms with van der Waals surface area (Å²) in [7, 11) is 1.96. The van der Waals surface area contributed by atoms with Crippen molar-refractivity contribution < 1.29 is 4.74 Å². The van der Waals surface area contributed by atoms with Crippen LogP contribution in [0.4, 0.5) is 0 Å². The third-order valence-corrected chi connectivity index (χ3v) is 1.75. The number of ether oxygens (including phenoxy) is 1. The van der Waals surface area contributed by atoms with Gasteiger partial charge in [0.25, 0.3) is 0 Å². The Morgan fingerprint density at radius 1 is 1.56 bits per heavy atom. The molecular formula is C7H15NO.